The second kappa shape index (κ2) is 16.5. The Labute approximate surface area is 147 Å². The summed E-state index contributed by atoms with van der Waals surface area (Å²) in [6.07, 6.45) is 15.6. The molecule has 4 nitrogen and oxygen atoms in total. The molecule has 0 unspecified atom stereocenters. The summed E-state index contributed by atoms with van der Waals surface area (Å²) in [6.45, 7) is 5.73. The molecule has 24 heavy (non-hydrogen) atoms. The lowest BCUT2D eigenvalue weighted by Gasteiger charge is -2.04. The van der Waals surface area contributed by atoms with E-state index >= 15 is 0 Å². The molecule has 0 atom stereocenters. The zero-order valence-electron chi connectivity index (χ0n) is 15.5. The van der Waals surface area contributed by atoms with Crippen molar-refractivity contribution in [3.05, 3.63) is 12.2 Å². The van der Waals surface area contributed by atoms with Gasteiger partial charge in [0.2, 0.25) is 0 Å². The van der Waals surface area contributed by atoms with Crippen LogP contribution in [0.2, 0.25) is 0 Å². The highest BCUT2D eigenvalue weighted by atomic mass is 16.5. The number of ether oxygens (including phenoxy) is 1. The van der Waals surface area contributed by atoms with E-state index in [0.29, 0.717) is 18.6 Å². The first-order chi connectivity index (χ1) is 11.5. The Morgan fingerprint density at radius 3 is 1.50 bits per heavy atom. The van der Waals surface area contributed by atoms with Gasteiger partial charge < -0.3 is 9.84 Å². The van der Waals surface area contributed by atoms with Gasteiger partial charge in [-0.1, -0.05) is 77.2 Å². The molecule has 0 spiro atoms. The molecule has 0 aromatic rings. The molecule has 0 saturated heterocycles. The highest BCUT2D eigenvalue weighted by molar-refractivity contribution is 5.86. The molecule has 0 amide bonds. The van der Waals surface area contributed by atoms with Gasteiger partial charge in [-0.05, 0) is 19.8 Å². The minimum Gasteiger partial charge on any atom is -0.481 e. The van der Waals surface area contributed by atoms with Crippen molar-refractivity contribution >= 4 is 11.9 Å². The molecule has 0 aliphatic rings. The van der Waals surface area contributed by atoms with E-state index in [-0.39, 0.29) is 5.97 Å². The smallest absolute Gasteiger partial charge is 0.333 e. The topological polar surface area (TPSA) is 63.6 Å². The molecule has 0 radical (unpaired) electrons. The van der Waals surface area contributed by atoms with Crippen LogP contribution >= 0.6 is 0 Å². The zero-order valence-corrected chi connectivity index (χ0v) is 15.5. The number of carbonyl (C=O) groups excluding carboxylic acids is 1. The number of rotatable bonds is 17. The Morgan fingerprint density at radius 1 is 0.750 bits per heavy atom. The van der Waals surface area contributed by atoms with E-state index in [2.05, 4.69) is 6.58 Å². The maximum Gasteiger partial charge on any atom is 0.333 e. The third-order valence-electron chi connectivity index (χ3n) is 4.12. The van der Waals surface area contributed by atoms with Gasteiger partial charge in [0.25, 0.3) is 0 Å². The Balaban J connectivity index is 3.09. The van der Waals surface area contributed by atoms with Crippen molar-refractivity contribution < 1.29 is 19.4 Å². The lowest BCUT2D eigenvalue weighted by atomic mass is 10.0. The SMILES string of the molecule is C=C(C)C(=O)OCCCCCCCCCCCCCCCC(=O)O. The average molecular weight is 341 g/mol. The number of carboxylic acids is 1. The van der Waals surface area contributed by atoms with Crippen molar-refractivity contribution in [1.29, 1.82) is 0 Å². The van der Waals surface area contributed by atoms with Gasteiger partial charge in [-0.25, -0.2) is 4.79 Å². The Bertz CT molecular complexity index is 350. The lowest BCUT2D eigenvalue weighted by molar-refractivity contribution is -0.139. The Kier molecular flexibility index (Phi) is 15.6. The van der Waals surface area contributed by atoms with Crippen LogP contribution in [0.3, 0.4) is 0 Å². The van der Waals surface area contributed by atoms with Gasteiger partial charge >= 0.3 is 11.9 Å². The molecule has 0 aliphatic carbocycles. The van der Waals surface area contributed by atoms with Crippen LogP contribution in [-0.4, -0.2) is 23.7 Å². The molecule has 0 bridgehead atoms. The highest BCUT2D eigenvalue weighted by Crippen LogP contribution is 2.13. The van der Waals surface area contributed by atoms with Crippen LogP contribution in [0.5, 0.6) is 0 Å². The largest absolute Gasteiger partial charge is 0.481 e. The second-order valence-corrected chi connectivity index (χ2v) is 6.66. The van der Waals surface area contributed by atoms with Crippen molar-refractivity contribution in [2.45, 2.75) is 96.8 Å². The van der Waals surface area contributed by atoms with Crippen LogP contribution in [0, 0.1) is 0 Å². The molecule has 0 saturated carbocycles. The number of unbranched alkanes of at least 4 members (excludes halogenated alkanes) is 12. The van der Waals surface area contributed by atoms with E-state index in [4.69, 9.17) is 9.84 Å². The standard InChI is InChI=1S/C20H36O4/c1-18(2)20(23)24-17-15-13-11-9-7-5-3-4-6-8-10-12-14-16-19(21)22/h1,3-17H2,2H3,(H,21,22). The minimum atomic E-state index is -0.678. The first-order valence-corrected chi connectivity index (χ1v) is 9.58. The number of carboxylic acid groups (broad SMARTS) is 1. The molecule has 0 aromatic carbocycles. The van der Waals surface area contributed by atoms with E-state index in [9.17, 15) is 9.59 Å². The highest BCUT2D eigenvalue weighted by Gasteiger charge is 2.01. The predicted octanol–water partition coefficient (Wildman–Crippen LogP) is 5.65. The number of esters is 1. The molecule has 4 heteroatoms. The van der Waals surface area contributed by atoms with Crippen LogP contribution in [0.25, 0.3) is 0 Å². The fourth-order valence-electron chi connectivity index (χ4n) is 2.61. The molecule has 0 heterocycles. The first kappa shape index (κ1) is 22.7. The number of aliphatic carboxylic acids is 1. The monoisotopic (exact) mass is 340 g/mol. The lowest BCUT2D eigenvalue weighted by Crippen LogP contribution is -2.05. The van der Waals surface area contributed by atoms with Crippen LogP contribution in [0.1, 0.15) is 96.8 Å². The first-order valence-electron chi connectivity index (χ1n) is 9.58. The van der Waals surface area contributed by atoms with Crippen LogP contribution in [0.15, 0.2) is 12.2 Å². The normalized spacial score (nSPS) is 10.5. The number of hydrogen-bond acceptors (Lipinski definition) is 3. The summed E-state index contributed by atoms with van der Waals surface area (Å²) in [7, 11) is 0. The van der Waals surface area contributed by atoms with E-state index in [1.807, 2.05) is 0 Å². The summed E-state index contributed by atoms with van der Waals surface area (Å²) in [4.78, 5) is 21.5. The maximum absolute atomic E-state index is 11.2. The molecule has 0 aliphatic heterocycles. The van der Waals surface area contributed by atoms with Gasteiger partial charge in [0.05, 0.1) is 6.61 Å². The fraction of sp³-hybridized carbons (Fsp3) is 0.800. The minimum absolute atomic E-state index is 0.281. The molecule has 0 aromatic heterocycles. The third-order valence-corrected chi connectivity index (χ3v) is 4.12. The zero-order chi connectivity index (χ0) is 18.0. The van der Waals surface area contributed by atoms with Crippen molar-refractivity contribution in [2.75, 3.05) is 6.61 Å². The van der Waals surface area contributed by atoms with E-state index in [1.54, 1.807) is 6.92 Å². The van der Waals surface area contributed by atoms with Crippen molar-refractivity contribution in [3.63, 3.8) is 0 Å². The summed E-state index contributed by atoms with van der Waals surface area (Å²) >= 11 is 0. The van der Waals surface area contributed by atoms with Gasteiger partial charge in [-0.3, -0.25) is 4.79 Å². The molecule has 1 N–H and O–H groups in total. The van der Waals surface area contributed by atoms with Crippen molar-refractivity contribution in [1.82, 2.24) is 0 Å². The Hall–Kier alpha value is -1.32. The average Bonchev–Trinajstić information content (AvgIpc) is 2.53. The van der Waals surface area contributed by atoms with Gasteiger partial charge in [0.1, 0.15) is 0 Å². The molecule has 0 rings (SSSR count). The number of hydrogen-bond donors (Lipinski definition) is 1. The maximum atomic E-state index is 11.2. The molecular weight excluding hydrogens is 304 g/mol. The van der Waals surface area contributed by atoms with Gasteiger partial charge in [0.15, 0.2) is 0 Å². The predicted molar refractivity (Wildman–Crippen MR) is 98.0 cm³/mol. The van der Waals surface area contributed by atoms with Crippen molar-refractivity contribution in [2.24, 2.45) is 0 Å². The van der Waals surface area contributed by atoms with Crippen LogP contribution < -0.4 is 0 Å². The molecule has 0 fully saturated rings. The van der Waals surface area contributed by atoms with Gasteiger partial charge in [0, 0.05) is 12.0 Å². The summed E-state index contributed by atoms with van der Waals surface area (Å²) in [5.41, 5.74) is 0.468. The Morgan fingerprint density at radius 2 is 1.12 bits per heavy atom. The molecule has 140 valence electrons. The van der Waals surface area contributed by atoms with Crippen LogP contribution in [0.4, 0.5) is 0 Å². The van der Waals surface area contributed by atoms with Gasteiger partial charge in [-0.2, -0.15) is 0 Å². The summed E-state index contributed by atoms with van der Waals surface area (Å²) in [5.74, 6) is -0.959. The van der Waals surface area contributed by atoms with E-state index in [0.717, 1.165) is 25.7 Å². The quantitative estimate of drug-likeness (QED) is 0.211. The summed E-state index contributed by atoms with van der Waals surface area (Å²) in [6, 6.07) is 0. The van der Waals surface area contributed by atoms with Crippen LogP contribution in [-0.2, 0) is 14.3 Å². The van der Waals surface area contributed by atoms with Crippen molar-refractivity contribution in [3.8, 4) is 0 Å². The molecular formula is C20H36O4. The van der Waals surface area contributed by atoms with E-state index < -0.39 is 5.97 Å². The number of carbonyl (C=O) groups is 2. The van der Waals surface area contributed by atoms with Gasteiger partial charge in [-0.15, -0.1) is 0 Å². The fourth-order valence-corrected chi connectivity index (χ4v) is 2.61. The van der Waals surface area contributed by atoms with E-state index in [1.165, 1.54) is 57.8 Å². The second-order valence-electron chi connectivity index (χ2n) is 6.66. The summed E-state index contributed by atoms with van der Waals surface area (Å²) < 4.78 is 5.05. The summed E-state index contributed by atoms with van der Waals surface area (Å²) in [5, 5.41) is 8.54. The third kappa shape index (κ3) is 17.0.